The molecule has 2 aromatic rings. The summed E-state index contributed by atoms with van der Waals surface area (Å²) in [6, 6.07) is 5.22. The van der Waals surface area contributed by atoms with Gasteiger partial charge in [0.25, 0.3) is 0 Å². The van der Waals surface area contributed by atoms with Gasteiger partial charge in [0.15, 0.2) is 0 Å². The van der Waals surface area contributed by atoms with Gasteiger partial charge in [-0.25, -0.2) is 8.42 Å². The Kier molecular flexibility index (Phi) is 2.66. The molecule has 0 unspecified atom stereocenters. The lowest BCUT2D eigenvalue weighted by Gasteiger charge is -2.02. The Labute approximate surface area is 96.4 Å². The van der Waals surface area contributed by atoms with E-state index in [1.54, 1.807) is 24.4 Å². The maximum atomic E-state index is 10.9. The van der Waals surface area contributed by atoms with Gasteiger partial charge in [-0.3, -0.25) is 0 Å². The minimum Gasteiger partial charge on any atom is -0.361 e. The van der Waals surface area contributed by atoms with Crippen LogP contribution >= 0.6 is 22.3 Å². The first-order valence-corrected chi connectivity index (χ1v) is 7.00. The van der Waals surface area contributed by atoms with Crippen LogP contribution < -0.4 is 0 Å². The number of fused-ring (bicyclic) bond motifs is 1. The molecule has 0 saturated heterocycles. The van der Waals surface area contributed by atoms with Gasteiger partial charge in [0.1, 0.15) is 0 Å². The summed E-state index contributed by atoms with van der Waals surface area (Å²) in [7, 11) is 1.60. The summed E-state index contributed by atoms with van der Waals surface area (Å²) in [5.74, 6) is -0.255. The predicted molar refractivity (Wildman–Crippen MR) is 61.8 cm³/mol. The number of H-pyrrole nitrogens is 1. The molecule has 1 heterocycles. The Balaban J connectivity index is 2.58. The van der Waals surface area contributed by atoms with E-state index in [2.05, 4.69) is 4.98 Å². The van der Waals surface area contributed by atoms with Crippen molar-refractivity contribution in [3.05, 3.63) is 35.0 Å². The maximum absolute atomic E-state index is 10.9. The molecule has 0 atom stereocenters. The SMILES string of the molecule is O=S(=O)(Cl)Cc1ccc2[nH]ccc2c1Cl. The van der Waals surface area contributed by atoms with Gasteiger partial charge in [-0.2, -0.15) is 0 Å². The Bertz CT molecular complexity index is 604. The number of rotatable bonds is 2. The molecule has 1 aromatic heterocycles. The molecule has 0 fully saturated rings. The van der Waals surface area contributed by atoms with Gasteiger partial charge in [0, 0.05) is 27.8 Å². The number of nitrogens with one attached hydrogen (secondary N) is 1. The van der Waals surface area contributed by atoms with Gasteiger partial charge in [-0.15, -0.1) is 0 Å². The highest BCUT2D eigenvalue weighted by Crippen LogP contribution is 2.28. The Morgan fingerprint density at radius 2 is 2.00 bits per heavy atom. The van der Waals surface area contributed by atoms with E-state index in [1.165, 1.54) is 0 Å². The molecule has 1 aromatic carbocycles. The monoisotopic (exact) mass is 263 g/mol. The maximum Gasteiger partial charge on any atom is 0.236 e. The van der Waals surface area contributed by atoms with Gasteiger partial charge in [0.05, 0.1) is 10.8 Å². The highest BCUT2D eigenvalue weighted by atomic mass is 35.7. The molecule has 1 N–H and O–H groups in total. The van der Waals surface area contributed by atoms with E-state index < -0.39 is 9.05 Å². The van der Waals surface area contributed by atoms with Gasteiger partial charge in [-0.1, -0.05) is 17.7 Å². The highest BCUT2D eigenvalue weighted by molar-refractivity contribution is 8.13. The molecule has 2 rings (SSSR count). The average Bonchev–Trinajstić information content (AvgIpc) is 2.56. The van der Waals surface area contributed by atoms with Crippen molar-refractivity contribution in [3.63, 3.8) is 0 Å². The Morgan fingerprint density at radius 3 is 2.67 bits per heavy atom. The molecule has 3 nitrogen and oxygen atoms in total. The summed E-state index contributed by atoms with van der Waals surface area (Å²) in [6.07, 6.45) is 1.75. The number of aromatic amines is 1. The second-order valence-electron chi connectivity index (χ2n) is 3.16. The number of hydrogen-bond acceptors (Lipinski definition) is 2. The number of hydrogen-bond donors (Lipinski definition) is 1. The van der Waals surface area contributed by atoms with Crippen LogP contribution in [0.4, 0.5) is 0 Å². The van der Waals surface area contributed by atoms with E-state index in [1.807, 2.05) is 0 Å². The lowest BCUT2D eigenvalue weighted by molar-refractivity contribution is 0.609. The molecule has 80 valence electrons. The van der Waals surface area contributed by atoms with Crippen LogP contribution in [-0.2, 0) is 14.8 Å². The number of benzene rings is 1. The third-order valence-electron chi connectivity index (χ3n) is 2.08. The van der Waals surface area contributed by atoms with Crippen LogP contribution in [0.15, 0.2) is 24.4 Å². The lowest BCUT2D eigenvalue weighted by atomic mass is 10.2. The molecule has 0 aliphatic rings. The van der Waals surface area contributed by atoms with Gasteiger partial charge in [-0.05, 0) is 17.7 Å². The lowest BCUT2D eigenvalue weighted by Crippen LogP contribution is -1.95. The standard InChI is InChI=1S/C9H7Cl2NO2S/c10-9-6(5-15(11,13)14)1-2-8-7(9)3-4-12-8/h1-4,12H,5H2. The highest BCUT2D eigenvalue weighted by Gasteiger charge is 2.12. The van der Waals surface area contributed by atoms with Crippen molar-refractivity contribution >= 4 is 42.2 Å². The normalized spacial score (nSPS) is 12.1. The van der Waals surface area contributed by atoms with Crippen molar-refractivity contribution in [2.45, 2.75) is 5.75 Å². The van der Waals surface area contributed by atoms with Crippen LogP contribution in [0.3, 0.4) is 0 Å². The quantitative estimate of drug-likeness (QED) is 0.848. The number of aromatic nitrogens is 1. The van der Waals surface area contributed by atoms with E-state index in [0.29, 0.717) is 10.6 Å². The number of halogens is 2. The molecule has 0 radical (unpaired) electrons. The van der Waals surface area contributed by atoms with Crippen LogP contribution in [0.1, 0.15) is 5.56 Å². The zero-order chi connectivity index (χ0) is 11.1. The third-order valence-corrected chi connectivity index (χ3v) is 3.51. The molecular formula is C9H7Cl2NO2S. The summed E-state index contributed by atoms with van der Waals surface area (Å²) in [4.78, 5) is 2.98. The van der Waals surface area contributed by atoms with Crippen LogP contribution in [0.25, 0.3) is 10.9 Å². The average molecular weight is 264 g/mol. The Hall–Kier alpha value is -0.710. The van der Waals surface area contributed by atoms with Gasteiger partial charge in [0.2, 0.25) is 9.05 Å². The minimum atomic E-state index is -3.57. The summed E-state index contributed by atoms with van der Waals surface area (Å²) in [6.45, 7) is 0. The fraction of sp³-hybridized carbons (Fsp3) is 0.111. The minimum absolute atomic E-state index is 0.255. The summed E-state index contributed by atoms with van der Waals surface area (Å²) < 4.78 is 21.9. The Morgan fingerprint density at radius 1 is 1.27 bits per heavy atom. The summed E-state index contributed by atoms with van der Waals surface area (Å²) in [5, 5.41) is 1.23. The summed E-state index contributed by atoms with van der Waals surface area (Å²) >= 11 is 6.05. The first-order valence-electron chi connectivity index (χ1n) is 4.14. The van der Waals surface area contributed by atoms with Crippen LogP contribution in [0.5, 0.6) is 0 Å². The zero-order valence-corrected chi connectivity index (χ0v) is 9.83. The second-order valence-corrected chi connectivity index (χ2v) is 6.32. The zero-order valence-electron chi connectivity index (χ0n) is 7.50. The van der Waals surface area contributed by atoms with Gasteiger partial charge < -0.3 is 4.98 Å². The fourth-order valence-electron chi connectivity index (χ4n) is 1.44. The molecule has 0 amide bonds. The van der Waals surface area contributed by atoms with Crippen molar-refractivity contribution in [2.75, 3.05) is 0 Å². The predicted octanol–water partition coefficient (Wildman–Crippen LogP) is 2.89. The van der Waals surface area contributed by atoms with E-state index in [-0.39, 0.29) is 5.75 Å². The molecule has 0 bridgehead atoms. The molecule has 15 heavy (non-hydrogen) atoms. The molecule has 0 aliphatic heterocycles. The second kappa shape index (κ2) is 3.70. The fourth-order valence-corrected chi connectivity index (χ4v) is 2.78. The van der Waals surface area contributed by atoms with Crippen molar-refractivity contribution in [1.29, 1.82) is 0 Å². The molecule has 0 spiro atoms. The molecular weight excluding hydrogens is 257 g/mol. The smallest absolute Gasteiger partial charge is 0.236 e. The van der Waals surface area contributed by atoms with Crippen LogP contribution in [0.2, 0.25) is 5.02 Å². The van der Waals surface area contributed by atoms with Crippen molar-refractivity contribution in [3.8, 4) is 0 Å². The third kappa shape index (κ3) is 2.27. The topological polar surface area (TPSA) is 49.9 Å². The van der Waals surface area contributed by atoms with E-state index >= 15 is 0 Å². The summed E-state index contributed by atoms with van der Waals surface area (Å²) in [5.41, 5.74) is 1.38. The van der Waals surface area contributed by atoms with Crippen molar-refractivity contribution in [1.82, 2.24) is 4.98 Å². The van der Waals surface area contributed by atoms with Gasteiger partial charge >= 0.3 is 0 Å². The van der Waals surface area contributed by atoms with Crippen molar-refractivity contribution < 1.29 is 8.42 Å². The van der Waals surface area contributed by atoms with E-state index in [4.69, 9.17) is 22.3 Å². The van der Waals surface area contributed by atoms with E-state index in [0.717, 1.165) is 10.9 Å². The first kappa shape index (κ1) is 10.8. The van der Waals surface area contributed by atoms with Crippen molar-refractivity contribution in [2.24, 2.45) is 0 Å². The molecule has 0 saturated carbocycles. The largest absolute Gasteiger partial charge is 0.361 e. The van der Waals surface area contributed by atoms with Crippen LogP contribution in [-0.4, -0.2) is 13.4 Å². The molecule has 6 heteroatoms. The van der Waals surface area contributed by atoms with Crippen LogP contribution in [0, 0.1) is 0 Å². The first-order chi connectivity index (χ1) is 6.97. The molecule has 0 aliphatic carbocycles. The van der Waals surface area contributed by atoms with E-state index in [9.17, 15) is 8.42 Å².